The lowest BCUT2D eigenvalue weighted by molar-refractivity contribution is -0.123. The van der Waals surface area contributed by atoms with Crippen molar-refractivity contribution in [2.24, 2.45) is 5.41 Å². The van der Waals surface area contributed by atoms with Gasteiger partial charge in [-0.1, -0.05) is 6.92 Å². The molecule has 0 aromatic rings. The second-order valence-electron chi connectivity index (χ2n) is 5.84. The number of hydrogen-bond donors (Lipinski definition) is 2. The Kier molecular flexibility index (Phi) is 5.19. The van der Waals surface area contributed by atoms with Crippen LogP contribution in [0.1, 0.15) is 32.6 Å². The molecule has 2 aliphatic rings. The Morgan fingerprint density at radius 1 is 1.42 bits per heavy atom. The zero-order valence-electron chi connectivity index (χ0n) is 11.9. The molecule has 1 aliphatic carbocycles. The van der Waals surface area contributed by atoms with Crippen LogP contribution in [0.5, 0.6) is 0 Å². The fraction of sp³-hybridized carbons (Fsp3) is 0.929. The molecule has 2 N–H and O–H groups in total. The first-order chi connectivity index (χ1) is 9.19. The van der Waals surface area contributed by atoms with E-state index in [0.29, 0.717) is 32.3 Å². The second-order valence-corrected chi connectivity index (χ2v) is 5.84. The molecule has 0 aromatic carbocycles. The summed E-state index contributed by atoms with van der Waals surface area (Å²) in [5, 5.41) is 12.6. The topological polar surface area (TPSA) is 61.8 Å². The smallest absolute Gasteiger partial charge is 0.234 e. The van der Waals surface area contributed by atoms with Crippen LogP contribution in [0.4, 0.5) is 0 Å². The van der Waals surface area contributed by atoms with Crippen LogP contribution in [0.2, 0.25) is 0 Å². The predicted octanol–water partition coefficient (Wildman–Crippen LogP) is 0.376. The van der Waals surface area contributed by atoms with E-state index in [4.69, 9.17) is 4.74 Å². The van der Waals surface area contributed by atoms with Crippen molar-refractivity contribution >= 4 is 5.91 Å². The van der Waals surface area contributed by atoms with E-state index in [-0.39, 0.29) is 17.9 Å². The van der Waals surface area contributed by atoms with Crippen LogP contribution >= 0.6 is 0 Å². The first-order valence-electron chi connectivity index (χ1n) is 7.38. The summed E-state index contributed by atoms with van der Waals surface area (Å²) in [6.07, 6.45) is 4.09. The van der Waals surface area contributed by atoms with E-state index < -0.39 is 0 Å². The van der Waals surface area contributed by atoms with Crippen LogP contribution in [0, 0.1) is 5.41 Å². The maximum atomic E-state index is 12.0. The van der Waals surface area contributed by atoms with Crippen LogP contribution in [0.15, 0.2) is 0 Å². The number of aliphatic hydroxyl groups is 1. The van der Waals surface area contributed by atoms with Gasteiger partial charge in [-0.25, -0.2) is 0 Å². The van der Waals surface area contributed by atoms with Crippen molar-refractivity contribution in [3.8, 4) is 0 Å². The molecule has 1 aliphatic heterocycles. The fourth-order valence-corrected chi connectivity index (χ4v) is 2.66. The summed E-state index contributed by atoms with van der Waals surface area (Å²) in [6.45, 7) is 5.55. The molecule has 5 heteroatoms. The molecule has 1 saturated carbocycles. The molecule has 0 atom stereocenters. The van der Waals surface area contributed by atoms with Crippen LogP contribution in [0.3, 0.4) is 0 Å². The van der Waals surface area contributed by atoms with E-state index >= 15 is 0 Å². The Morgan fingerprint density at radius 2 is 2.11 bits per heavy atom. The third-order valence-corrected chi connectivity index (χ3v) is 4.37. The average Bonchev–Trinajstić information content (AvgIpc) is 3.28. The largest absolute Gasteiger partial charge is 0.396 e. The van der Waals surface area contributed by atoms with Crippen LogP contribution < -0.4 is 5.32 Å². The van der Waals surface area contributed by atoms with E-state index in [1.54, 1.807) is 0 Å². The van der Waals surface area contributed by atoms with E-state index in [2.05, 4.69) is 17.1 Å². The second kappa shape index (κ2) is 6.68. The molecule has 110 valence electrons. The average molecular weight is 270 g/mol. The molecule has 0 unspecified atom stereocenters. The molecule has 2 fully saturated rings. The highest BCUT2D eigenvalue weighted by atomic mass is 16.5. The molecule has 0 spiro atoms. The van der Waals surface area contributed by atoms with Crippen molar-refractivity contribution in [2.45, 2.75) is 38.6 Å². The highest BCUT2D eigenvalue weighted by molar-refractivity contribution is 5.78. The Balaban J connectivity index is 1.75. The third-order valence-electron chi connectivity index (χ3n) is 4.37. The van der Waals surface area contributed by atoms with E-state index in [0.717, 1.165) is 19.4 Å². The first-order valence-corrected chi connectivity index (χ1v) is 7.38. The van der Waals surface area contributed by atoms with Gasteiger partial charge in [0.1, 0.15) is 0 Å². The van der Waals surface area contributed by atoms with Gasteiger partial charge in [-0.05, 0) is 32.2 Å². The van der Waals surface area contributed by atoms with Gasteiger partial charge in [-0.15, -0.1) is 0 Å². The van der Waals surface area contributed by atoms with Gasteiger partial charge in [-0.2, -0.15) is 0 Å². The van der Waals surface area contributed by atoms with E-state index in [1.165, 1.54) is 12.8 Å². The molecule has 0 aromatic heterocycles. The van der Waals surface area contributed by atoms with Crippen molar-refractivity contribution in [3.63, 3.8) is 0 Å². The number of carbonyl (C=O) groups is 1. The van der Waals surface area contributed by atoms with Gasteiger partial charge in [0.2, 0.25) is 5.91 Å². The van der Waals surface area contributed by atoms with Gasteiger partial charge in [0.05, 0.1) is 13.2 Å². The van der Waals surface area contributed by atoms with Gasteiger partial charge in [0.25, 0.3) is 0 Å². The highest BCUT2D eigenvalue weighted by Gasteiger charge is 2.33. The van der Waals surface area contributed by atoms with Gasteiger partial charge in [-0.3, -0.25) is 9.69 Å². The van der Waals surface area contributed by atoms with Gasteiger partial charge < -0.3 is 15.2 Å². The highest BCUT2D eigenvalue weighted by Crippen LogP contribution is 2.29. The number of hydrogen-bond acceptors (Lipinski definition) is 4. The Hall–Kier alpha value is -0.650. The van der Waals surface area contributed by atoms with Crippen molar-refractivity contribution in [1.82, 2.24) is 10.2 Å². The van der Waals surface area contributed by atoms with Crippen molar-refractivity contribution < 1.29 is 14.6 Å². The van der Waals surface area contributed by atoms with Gasteiger partial charge in [0, 0.05) is 31.2 Å². The lowest BCUT2D eigenvalue weighted by Crippen LogP contribution is -2.46. The van der Waals surface area contributed by atoms with Crippen molar-refractivity contribution in [2.75, 3.05) is 39.5 Å². The Labute approximate surface area is 115 Å². The minimum absolute atomic E-state index is 0.0769. The zero-order chi connectivity index (χ0) is 13.7. The fourth-order valence-electron chi connectivity index (χ4n) is 2.66. The number of ether oxygens (including phenoxy) is 1. The number of aliphatic hydroxyl groups excluding tert-OH is 1. The summed E-state index contributed by atoms with van der Waals surface area (Å²) in [5.74, 6) is 0.0769. The first kappa shape index (κ1) is 14.8. The summed E-state index contributed by atoms with van der Waals surface area (Å²) in [6, 6.07) is 0.616. The van der Waals surface area contributed by atoms with Crippen molar-refractivity contribution in [1.29, 1.82) is 0 Å². The third kappa shape index (κ3) is 4.16. The normalized spacial score (nSPS) is 22.5. The summed E-state index contributed by atoms with van der Waals surface area (Å²) in [7, 11) is 0. The molecule has 1 saturated heterocycles. The van der Waals surface area contributed by atoms with Crippen LogP contribution in [-0.2, 0) is 9.53 Å². The summed E-state index contributed by atoms with van der Waals surface area (Å²) < 4.78 is 5.32. The molecule has 5 nitrogen and oxygen atoms in total. The molecule has 2 rings (SSSR count). The van der Waals surface area contributed by atoms with E-state index in [9.17, 15) is 9.90 Å². The molecule has 0 bridgehead atoms. The summed E-state index contributed by atoms with van der Waals surface area (Å²) in [5.41, 5.74) is -0.176. The lowest BCUT2D eigenvalue weighted by Gasteiger charge is -2.35. The minimum atomic E-state index is -0.176. The number of nitrogens with zero attached hydrogens (tertiary/aromatic N) is 1. The summed E-state index contributed by atoms with van der Waals surface area (Å²) >= 11 is 0. The molecular formula is C14H26N2O3. The molecule has 1 heterocycles. The van der Waals surface area contributed by atoms with Gasteiger partial charge in [0.15, 0.2) is 0 Å². The Bertz CT molecular complexity index is 299. The number of carbonyl (C=O) groups excluding carboxylic acids is 1. The maximum Gasteiger partial charge on any atom is 0.234 e. The zero-order valence-corrected chi connectivity index (χ0v) is 11.9. The minimum Gasteiger partial charge on any atom is -0.396 e. The standard InChI is InChI=1S/C14H26N2O3/c1-2-16(12-3-4-12)9-13(18)15-10-14(11-17)5-7-19-8-6-14/h12,17H,2-11H2,1H3,(H,15,18). The number of likely N-dealkylation sites (N-methyl/N-ethyl adjacent to an activating group) is 1. The number of nitrogens with one attached hydrogen (secondary N) is 1. The Morgan fingerprint density at radius 3 is 2.63 bits per heavy atom. The monoisotopic (exact) mass is 270 g/mol. The molecule has 1 amide bonds. The van der Waals surface area contributed by atoms with E-state index in [1.807, 2.05) is 0 Å². The SMILES string of the molecule is CCN(CC(=O)NCC1(CO)CCOCC1)C1CC1. The quantitative estimate of drug-likeness (QED) is 0.702. The maximum absolute atomic E-state index is 12.0. The summed E-state index contributed by atoms with van der Waals surface area (Å²) in [4.78, 5) is 14.2. The number of rotatable bonds is 7. The lowest BCUT2D eigenvalue weighted by atomic mass is 9.81. The number of amides is 1. The van der Waals surface area contributed by atoms with Crippen molar-refractivity contribution in [3.05, 3.63) is 0 Å². The van der Waals surface area contributed by atoms with Crippen LogP contribution in [0.25, 0.3) is 0 Å². The molecular weight excluding hydrogens is 244 g/mol. The molecule has 19 heavy (non-hydrogen) atoms. The van der Waals surface area contributed by atoms with Gasteiger partial charge >= 0.3 is 0 Å². The molecule has 0 radical (unpaired) electrons. The van der Waals surface area contributed by atoms with Crippen LogP contribution in [-0.4, -0.2) is 61.4 Å². The predicted molar refractivity (Wildman–Crippen MR) is 72.9 cm³/mol.